The second-order valence-electron chi connectivity index (χ2n) is 7.01. The summed E-state index contributed by atoms with van der Waals surface area (Å²) in [5.74, 6) is 1.16. The van der Waals surface area contributed by atoms with Crippen molar-refractivity contribution in [1.29, 1.82) is 0 Å². The molecule has 0 saturated heterocycles. The molecule has 1 aromatic carbocycles. The first kappa shape index (κ1) is 18.0. The van der Waals surface area contributed by atoms with Gasteiger partial charge in [-0.3, -0.25) is 9.55 Å². The lowest BCUT2D eigenvalue weighted by atomic mass is 10.1. The predicted octanol–water partition coefficient (Wildman–Crippen LogP) is 4.69. The van der Waals surface area contributed by atoms with Gasteiger partial charge in [0.25, 0.3) is 0 Å². The molecule has 0 aliphatic carbocycles. The Morgan fingerprint density at radius 2 is 1.73 bits per heavy atom. The molecule has 0 spiro atoms. The van der Waals surface area contributed by atoms with E-state index in [0.717, 1.165) is 45.9 Å². The molecule has 30 heavy (non-hydrogen) atoms. The lowest BCUT2D eigenvalue weighted by Gasteiger charge is -2.11. The van der Waals surface area contributed by atoms with Crippen LogP contribution in [0.1, 0.15) is 12.5 Å². The summed E-state index contributed by atoms with van der Waals surface area (Å²) in [6.45, 7) is 2.14. The minimum Gasteiger partial charge on any atom is -0.383 e. The zero-order valence-electron chi connectivity index (χ0n) is 16.5. The van der Waals surface area contributed by atoms with Gasteiger partial charge in [0, 0.05) is 29.8 Å². The Morgan fingerprint density at radius 1 is 0.900 bits per heavy atom. The Balaban J connectivity index is 1.79. The molecule has 2 N–H and O–H groups in total. The van der Waals surface area contributed by atoms with E-state index in [9.17, 15) is 0 Å². The SMILES string of the molecule is CCc1ccc(-n2c(-c3cccnc3N)nc3ccc(-c4cccnc4)nc32)cc1. The number of benzene rings is 1. The van der Waals surface area contributed by atoms with E-state index < -0.39 is 0 Å². The van der Waals surface area contributed by atoms with Crippen LogP contribution in [0.15, 0.2) is 79.3 Å². The number of pyridine rings is 3. The van der Waals surface area contributed by atoms with Crippen molar-refractivity contribution in [2.75, 3.05) is 5.73 Å². The number of fused-ring (bicyclic) bond motifs is 1. The van der Waals surface area contributed by atoms with Gasteiger partial charge in [-0.2, -0.15) is 0 Å². The highest BCUT2D eigenvalue weighted by Gasteiger charge is 2.18. The predicted molar refractivity (Wildman–Crippen MR) is 119 cm³/mol. The normalized spacial score (nSPS) is 11.1. The van der Waals surface area contributed by atoms with E-state index in [4.69, 9.17) is 15.7 Å². The summed E-state index contributed by atoms with van der Waals surface area (Å²) in [6, 6.07) is 20.1. The summed E-state index contributed by atoms with van der Waals surface area (Å²) in [4.78, 5) is 18.3. The maximum absolute atomic E-state index is 6.19. The fraction of sp³-hybridized carbons (Fsp3) is 0.0833. The van der Waals surface area contributed by atoms with Gasteiger partial charge >= 0.3 is 0 Å². The Kier molecular flexibility index (Phi) is 4.44. The van der Waals surface area contributed by atoms with E-state index in [1.807, 2.05) is 47.2 Å². The molecule has 6 heteroatoms. The number of anilines is 1. The summed E-state index contributed by atoms with van der Waals surface area (Å²) in [5, 5.41) is 0. The highest BCUT2D eigenvalue weighted by Crippen LogP contribution is 2.31. The average molecular weight is 392 g/mol. The molecule has 6 nitrogen and oxygen atoms in total. The molecule has 4 aromatic heterocycles. The van der Waals surface area contributed by atoms with Gasteiger partial charge in [0.15, 0.2) is 11.5 Å². The molecule has 146 valence electrons. The third-order valence-electron chi connectivity index (χ3n) is 5.14. The Morgan fingerprint density at radius 3 is 2.47 bits per heavy atom. The first-order valence-electron chi connectivity index (χ1n) is 9.84. The van der Waals surface area contributed by atoms with Crippen molar-refractivity contribution in [3.8, 4) is 28.3 Å². The number of nitrogen functional groups attached to an aromatic ring is 1. The molecule has 4 heterocycles. The van der Waals surface area contributed by atoms with Crippen LogP contribution in [0, 0.1) is 0 Å². The van der Waals surface area contributed by atoms with Crippen LogP contribution >= 0.6 is 0 Å². The molecule has 0 saturated carbocycles. The van der Waals surface area contributed by atoms with E-state index in [1.165, 1.54) is 5.56 Å². The van der Waals surface area contributed by atoms with E-state index in [0.29, 0.717) is 5.82 Å². The maximum Gasteiger partial charge on any atom is 0.165 e. The van der Waals surface area contributed by atoms with Crippen LogP contribution in [0.2, 0.25) is 0 Å². The monoisotopic (exact) mass is 392 g/mol. The number of nitrogens with zero attached hydrogens (tertiary/aromatic N) is 5. The lowest BCUT2D eigenvalue weighted by molar-refractivity contribution is 1.06. The number of hydrogen-bond donors (Lipinski definition) is 1. The van der Waals surface area contributed by atoms with Gasteiger partial charge in [0.1, 0.15) is 11.3 Å². The van der Waals surface area contributed by atoms with Crippen LogP contribution in [-0.4, -0.2) is 24.5 Å². The maximum atomic E-state index is 6.19. The molecule has 0 aliphatic heterocycles. The van der Waals surface area contributed by atoms with Crippen LogP contribution in [0.3, 0.4) is 0 Å². The van der Waals surface area contributed by atoms with Crippen molar-refractivity contribution >= 4 is 17.0 Å². The third-order valence-corrected chi connectivity index (χ3v) is 5.14. The smallest absolute Gasteiger partial charge is 0.165 e. The minimum atomic E-state index is 0.437. The molecule has 0 radical (unpaired) electrons. The second kappa shape index (κ2) is 7.40. The average Bonchev–Trinajstić information content (AvgIpc) is 3.18. The van der Waals surface area contributed by atoms with Crippen LogP contribution in [0.5, 0.6) is 0 Å². The van der Waals surface area contributed by atoms with Crippen molar-refractivity contribution in [3.63, 3.8) is 0 Å². The molecule has 0 unspecified atom stereocenters. The fourth-order valence-corrected chi connectivity index (χ4v) is 3.54. The van der Waals surface area contributed by atoms with Crippen molar-refractivity contribution in [3.05, 3.63) is 84.8 Å². The van der Waals surface area contributed by atoms with Gasteiger partial charge < -0.3 is 5.73 Å². The highest BCUT2D eigenvalue weighted by molar-refractivity contribution is 5.84. The number of aryl methyl sites for hydroxylation is 1. The molecular formula is C24H20N6. The number of hydrogen-bond acceptors (Lipinski definition) is 5. The topological polar surface area (TPSA) is 82.5 Å². The molecule has 0 atom stereocenters. The largest absolute Gasteiger partial charge is 0.383 e. The second-order valence-corrected chi connectivity index (χ2v) is 7.01. The zero-order chi connectivity index (χ0) is 20.5. The van der Waals surface area contributed by atoms with E-state index in [2.05, 4.69) is 41.2 Å². The number of nitrogens with two attached hydrogens (primary N) is 1. The van der Waals surface area contributed by atoms with Gasteiger partial charge in [-0.25, -0.2) is 15.0 Å². The summed E-state index contributed by atoms with van der Waals surface area (Å²) >= 11 is 0. The zero-order valence-corrected chi connectivity index (χ0v) is 16.5. The van der Waals surface area contributed by atoms with E-state index >= 15 is 0 Å². The lowest BCUT2D eigenvalue weighted by Crippen LogP contribution is -2.02. The van der Waals surface area contributed by atoms with Gasteiger partial charge in [0.05, 0.1) is 11.3 Å². The molecule has 5 aromatic rings. The first-order chi connectivity index (χ1) is 14.7. The van der Waals surface area contributed by atoms with Crippen molar-refractivity contribution < 1.29 is 0 Å². The third kappa shape index (κ3) is 3.08. The standard InChI is InChI=1S/C24H20N6/c1-2-16-7-9-18(10-8-16)30-23(19-6-4-14-27-22(19)25)29-21-12-11-20(28-24(21)30)17-5-3-13-26-15-17/h3-15H,2H2,1H3,(H2,25,27). The van der Waals surface area contributed by atoms with Crippen LogP contribution in [0.25, 0.3) is 39.5 Å². The van der Waals surface area contributed by atoms with Crippen molar-refractivity contribution in [2.24, 2.45) is 0 Å². The summed E-state index contributed by atoms with van der Waals surface area (Å²) < 4.78 is 2.04. The summed E-state index contributed by atoms with van der Waals surface area (Å²) in [7, 11) is 0. The number of imidazole rings is 1. The van der Waals surface area contributed by atoms with Gasteiger partial charge in [-0.05, 0) is 60.5 Å². The molecule has 5 rings (SSSR count). The van der Waals surface area contributed by atoms with Crippen molar-refractivity contribution in [1.82, 2.24) is 24.5 Å². The first-order valence-corrected chi connectivity index (χ1v) is 9.84. The van der Waals surface area contributed by atoms with Crippen LogP contribution < -0.4 is 5.73 Å². The summed E-state index contributed by atoms with van der Waals surface area (Å²) in [6.07, 6.45) is 6.23. The molecule has 0 aliphatic rings. The Hall–Kier alpha value is -4.06. The molecule has 0 amide bonds. The molecular weight excluding hydrogens is 372 g/mol. The molecule has 0 fully saturated rings. The molecule has 0 bridgehead atoms. The Labute approximate surface area is 174 Å². The van der Waals surface area contributed by atoms with Crippen LogP contribution in [0.4, 0.5) is 5.82 Å². The van der Waals surface area contributed by atoms with Gasteiger partial charge in [-0.15, -0.1) is 0 Å². The highest BCUT2D eigenvalue weighted by atomic mass is 15.1. The number of aromatic nitrogens is 5. The van der Waals surface area contributed by atoms with Crippen LogP contribution in [-0.2, 0) is 6.42 Å². The fourth-order valence-electron chi connectivity index (χ4n) is 3.54. The quantitative estimate of drug-likeness (QED) is 0.480. The minimum absolute atomic E-state index is 0.437. The van der Waals surface area contributed by atoms with Gasteiger partial charge in [0.2, 0.25) is 0 Å². The number of rotatable bonds is 4. The Bertz CT molecular complexity index is 1320. The van der Waals surface area contributed by atoms with E-state index in [-0.39, 0.29) is 0 Å². The van der Waals surface area contributed by atoms with Gasteiger partial charge in [-0.1, -0.05) is 19.1 Å². The van der Waals surface area contributed by atoms with E-state index in [1.54, 1.807) is 12.4 Å². The van der Waals surface area contributed by atoms with Crippen molar-refractivity contribution in [2.45, 2.75) is 13.3 Å². The summed E-state index contributed by atoms with van der Waals surface area (Å²) in [5.41, 5.74) is 12.6.